The largest absolute Gasteiger partial charge is 0.462 e. The van der Waals surface area contributed by atoms with Crippen LogP contribution >= 0.6 is 12.4 Å². The monoisotopic (exact) mass is 374 g/mol. The van der Waals surface area contributed by atoms with Gasteiger partial charge in [0.05, 0.1) is 12.2 Å². The summed E-state index contributed by atoms with van der Waals surface area (Å²) in [6, 6.07) is 17.6. The third kappa shape index (κ3) is 5.75. The van der Waals surface area contributed by atoms with Gasteiger partial charge in [0.1, 0.15) is 0 Å². The molecule has 0 spiro atoms. The minimum absolute atomic E-state index is 0. The zero-order valence-corrected chi connectivity index (χ0v) is 15.8. The van der Waals surface area contributed by atoms with E-state index in [9.17, 15) is 4.79 Å². The van der Waals surface area contributed by atoms with E-state index in [1.165, 1.54) is 18.4 Å². The summed E-state index contributed by atoms with van der Waals surface area (Å²) in [5.41, 5.74) is 8.28. The first kappa shape index (κ1) is 20.3. The fourth-order valence-electron chi connectivity index (χ4n) is 3.37. The van der Waals surface area contributed by atoms with E-state index in [-0.39, 0.29) is 18.4 Å². The molecule has 0 saturated carbocycles. The number of nitrogens with two attached hydrogens (primary N) is 1. The summed E-state index contributed by atoms with van der Waals surface area (Å²) in [6.07, 6.45) is 3.28. The van der Waals surface area contributed by atoms with Crippen molar-refractivity contribution in [3.8, 4) is 0 Å². The third-order valence-corrected chi connectivity index (χ3v) is 4.86. The van der Waals surface area contributed by atoms with Crippen molar-refractivity contribution in [1.29, 1.82) is 0 Å². The maximum Gasteiger partial charge on any atom is 0.338 e. The molecule has 140 valence electrons. The molecule has 0 aliphatic carbocycles. The van der Waals surface area contributed by atoms with Crippen LogP contribution in [0.2, 0.25) is 0 Å². The maximum absolute atomic E-state index is 11.9. The first-order valence-corrected chi connectivity index (χ1v) is 9.02. The molecular formula is C21H27ClN2O2. The molecule has 3 rings (SSSR count). The van der Waals surface area contributed by atoms with Crippen molar-refractivity contribution in [2.75, 3.05) is 32.0 Å². The van der Waals surface area contributed by atoms with Gasteiger partial charge in [0.2, 0.25) is 0 Å². The maximum atomic E-state index is 11.9. The van der Waals surface area contributed by atoms with E-state index in [1.807, 2.05) is 0 Å². The van der Waals surface area contributed by atoms with Crippen molar-refractivity contribution < 1.29 is 9.53 Å². The molecule has 2 aromatic rings. The Balaban J connectivity index is 0.00000243. The predicted octanol–water partition coefficient (Wildman–Crippen LogP) is 4.12. The summed E-state index contributed by atoms with van der Waals surface area (Å²) in [7, 11) is 0. The molecule has 0 radical (unpaired) electrons. The number of anilines is 1. The molecule has 1 fully saturated rings. The van der Waals surface area contributed by atoms with Gasteiger partial charge in [-0.1, -0.05) is 30.3 Å². The van der Waals surface area contributed by atoms with E-state index in [4.69, 9.17) is 10.5 Å². The molecule has 0 bridgehead atoms. The smallest absolute Gasteiger partial charge is 0.338 e. The topological polar surface area (TPSA) is 55.6 Å². The number of piperidine rings is 1. The van der Waals surface area contributed by atoms with Crippen molar-refractivity contribution in [1.82, 2.24) is 4.90 Å². The van der Waals surface area contributed by atoms with Crippen molar-refractivity contribution in [2.45, 2.75) is 25.2 Å². The van der Waals surface area contributed by atoms with Crippen molar-refractivity contribution in [3.05, 3.63) is 65.7 Å². The number of carbonyl (C=O) groups excluding carboxylic acids is 1. The normalized spacial score (nSPS) is 15.2. The highest BCUT2D eigenvalue weighted by atomic mass is 35.5. The van der Waals surface area contributed by atoms with Gasteiger partial charge in [-0.05, 0) is 68.1 Å². The Bertz CT molecular complexity index is 668. The molecule has 2 aromatic carbocycles. The van der Waals surface area contributed by atoms with Crippen LogP contribution in [-0.4, -0.2) is 37.1 Å². The van der Waals surface area contributed by atoms with E-state index in [2.05, 4.69) is 35.2 Å². The van der Waals surface area contributed by atoms with Crippen LogP contribution < -0.4 is 5.73 Å². The summed E-state index contributed by atoms with van der Waals surface area (Å²) < 4.78 is 5.34. The number of esters is 1. The second-order valence-corrected chi connectivity index (χ2v) is 6.64. The third-order valence-electron chi connectivity index (χ3n) is 4.86. The van der Waals surface area contributed by atoms with Crippen LogP contribution in [0.15, 0.2) is 54.6 Å². The Kier molecular flexibility index (Phi) is 7.95. The molecule has 1 saturated heterocycles. The molecule has 0 amide bonds. The number of likely N-dealkylation sites (tertiary alicyclic amines) is 1. The highest BCUT2D eigenvalue weighted by Gasteiger charge is 2.20. The van der Waals surface area contributed by atoms with Crippen molar-refractivity contribution >= 4 is 24.1 Å². The summed E-state index contributed by atoms with van der Waals surface area (Å²) in [6.45, 7) is 3.68. The first-order valence-electron chi connectivity index (χ1n) is 9.02. The molecule has 0 atom stereocenters. The van der Waals surface area contributed by atoms with Crippen molar-refractivity contribution in [2.24, 2.45) is 0 Å². The Hall–Kier alpha value is -2.04. The van der Waals surface area contributed by atoms with Crippen LogP contribution in [-0.2, 0) is 4.74 Å². The van der Waals surface area contributed by atoms with Gasteiger partial charge in [0.15, 0.2) is 0 Å². The highest BCUT2D eigenvalue weighted by Crippen LogP contribution is 2.27. The quantitative estimate of drug-likeness (QED) is 0.469. The second-order valence-electron chi connectivity index (χ2n) is 6.64. The lowest BCUT2D eigenvalue weighted by molar-refractivity contribution is 0.0484. The predicted molar refractivity (Wildman–Crippen MR) is 108 cm³/mol. The average Bonchev–Trinajstić information content (AvgIpc) is 2.67. The van der Waals surface area contributed by atoms with E-state index < -0.39 is 0 Å². The lowest BCUT2D eigenvalue weighted by atomic mass is 9.89. The Labute approximate surface area is 161 Å². The van der Waals surface area contributed by atoms with Crippen LogP contribution in [0.3, 0.4) is 0 Å². The van der Waals surface area contributed by atoms with E-state index in [1.54, 1.807) is 24.3 Å². The van der Waals surface area contributed by atoms with E-state index in [0.717, 1.165) is 26.1 Å². The molecule has 1 aliphatic rings. The van der Waals surface area contributed by atoms with E-state index in [0.29, 0.717) is 23.8 Å². The molecule has 0 unspecified atom stereocenters. The summed E-state index contributed by atoms with van der Waals surface area (Å²) in [5.74, 6) is 0.406. The van der Waals surface area contributed by atoms with Gasteiger partial charge in [-0.3, -0.25) is 0 Å². The number of ether oxygens (including phenoxy) is 1. The lowest BCUT2D eigenvalue weighted by Gasteiger charge is -2.32. The zero-order chi connectivity index (χ0) is 17.5. The fraction of sp³-hybridized carbons (Fsp3) is 0.381. The SMILES string of the molecule is Cl.Nc1ccc(C(=O)OCCCN2CCC(c3ccccc3)CC2)cc1. The van der Waals surface area contributed by atoms with Crippen LogP contribution in [0.4, 0.5) is 5.69 Å². The first-order chi connectivity index (χ1) is 12.2. The Morgan fingerprint density at radius 2 is 1.69 bits per heavy atom. The van der Waals surface area contributed by atoms with Crippen LogP contribution in [0.5, 0.6) is 0 Å². The molecule has 0 aromatic heterocycles. The summed E-state index contributed by atoms with van der Waals surface area (Å²) in [4.78, 5) is 14.4. The van der Waals surface area contributed by atoms with Crippen LogP contribution in [0.25, 0.3) is 0 Å². The van der Waals surface area contributed by atoms with Gasteiger partial charge in [-0.2, -0.15) is 0 Å². The number of halogens is 1. The minimum Gasteiger partial charge on any atom is -0.462 e. The Morgan fingerprint density at radius 3 is 2.35 bits per heavy atom. The highest BCUT2D eigenvalue weighted by molar-refractivity contribution is 5.89. The number of hydrogen-bond acceptors (Lipinski definition) is 4. The minimum atomic E-state index is -0.275. The molecule has 1 heterocycles. The lowest BCUT2D eigenvalue weighted by Crippen LogP contribution is -2.34. The van der Waals surface area contributed by atoms with Gasteiger partial charge in [0.25, 0.3) is 0 Å². The van der Waals surface area contributed by atoms with Crippen LogP contribution in [0.1, 0.15) is 41.1 Å². The fourth-order valence-corrected chi connectivity index (χ4v) is 3.37. The number of hydrogen-bond donors (Lipinski definition) is 1. The molecule has 5 heteroatoms. The second kappa shape index (κ2) is 10.2. The molecule has 1 aliphatic heterocycles. The molecular weight excluding hydrogens is 348 g/mol. The number of benzene rings is 2. The number of nitrogen functional groups attached to an aromatic ring is 1. The average molecular weight is 375 g/mol. The number of nitrogens with zero attached hydrogens (tertiary/aromatic N) is 1. The standard InChI is InChI=1S/C21H26N2O2.ClH/c22-20-9-7-19(8-10-20)21(24)25-16-4-13-23-14-11-18(12-15-23)17-5-2-1-3-6-17;/h1-3,5-10,18H,4,11-16,22H2;1H. The van der Waals surface area contributed by atoms with Gasteiger partial charge in [-0.15, -0.1) is 12.4 Å². The Morgan fingerprint density at radius 1 is 1.04 bits per heavy atom. The van der Waals surface area contributed by atoms with Crippen molar-refractivity contribution in [3.63, 3.8) is 0 Å². The van der Waals surface area contributed by atoms with Gasteiger partial charge < -0.3 is 15.4 Å². The molecule has 4 nitrogen and oxygen atoms in total. The summed E-state index contributed by atoms with van der Waals surface area (Å²) in [5, 5.41) is 0. The van der Waals surface area contributed by atoms with Crippen LogP contribution in [0, 0.1) is 0 Å². The zero-order valence-electron chi connectivity index (χ0n) is 15.0. The van der Waals surface area contributed by atoms with Gasteiger partial charge in [0, 0.05) is 12.2 Å². The molecule has 2 N–H and O–H groups in total. The summed E-state index contributed by atoms with van der Waals surface area (Å²) >= 11 is 0. The number of rotatable bonds is 6. The van der Waals surface area contributed by atoms with Gasteiger partial charge >= 0.3 is 5.97 Å². The van der Waals surface area contributed by atoms with E-state index >= 15 is 0 Å². The van der Waals surface area contributed by atoms with Gasteiger partial charge in [-0.25, -0.2) is 4.79 Å². The molecule has 26 heavy (non-hydrogen) atoms. The number of carbonyl (C=O) groups is 1.